The van der Waals surface area contributed by atoms with Gasteiger partial charge in [0, 0.05) is 29.2 Å². The molecule has 0 fully saturated rings. The third-order valence-corrected chi connectivity index (χ3v) is 6.39. The smallest absolute Gasteiger partial charge is 0.316 e. The number of nitrogens with zero attached hydrogens (tertiary/aromatic N) is 3. The van der Waals surface area contributed by atoms with Crippen molar-refractivity contribution in [3.8, 4) is 6.07 Å². The predicted molar refractivity (Wildman–Crippen MR) is 135 cm³/mol. The highest BCUT2D eigenvalue weighted by molar-refractivity contribution is 14.1. The summed E-state index contributed by atoms with van der Waals surface area (Å²) in [5, 5.41) is 9.14. The summed E-state index contributed by atoms with van der Waals surface area (Å²) in [6.07, 6.45) is -3.37. The van der Waals surface area contributed by atoms with Crippen LogP contribution in [0.2, 0.25) is 0 Å². The van der Waals surface area contributed by atoms with E-state index in [0.29, 0.717) is 46.1 Å². The standard InChI is InChI=1S/C23H17BrF3N3O2.CH3I/c1-29-21(16-9-8-13(12-28)10-17(16)24)20-18(6-3-7-19(20)31)30(22(29)32)15-5-2-4-14(11-15)23(25,26)27;1-2/h2,4-5,8-11,21H,3,6-7H2,1H3;1H3. The summed E-state index contributed by atoms with van der Waals surface area (Å²) in [5.74, 6) is -0.149. The molecular weight excluding hydrogens is 626 g/mol. The number of alkyl halides is 4. The van der Waals surface area contributed by atoms with Crippen molar-refractivity contribution in [2.45, 2.75) is 31.5 Å². The van der Waals surface area contributed by atoms with E-state index in [-0.39, 0.29) is 11.5 Å². The fourth-order valence-electron chi connectivity index (χ4n) is 4.24. The molecule has 1 heterocycles. The molecule has 5 nitrogen and oxygen atoms in total. The molecule has 0 N–H and O–H groups in total. The molecule has 1 aliphatic heterocycles. The van der Waals surface area contributed by atoms with E-state index in [1.165, 1.54) is 29.0 Å². The lowest BCUT2D eigenvalue weighted by Gasteiger charge is -2.44. The third kappa shape index (κ3) is 4.86. The first-order valence-corrected chi connectivity index (χ1v) is 13.2. The van der Waals surface area contributed by atoms with Crippen LogP contribution in [0.4, 0.5) is 23.7 Å². The largest absolute Gasteiger partial charge is 0.416 e. The molecule has 0 radical (unpaired) electrons. The highest BCUT2D eigenvalue weighted by Gasteiger charge is 2.44. The van der Waals surface area contributed by atoms with Gasteiger partial charge in [-0.2, -0.15) is 18.4 Å². The van der Waals surface area contributed by atoms with Crippen LogP contribution in [0.15, 0.2) is 58.2 Å². The summed E-state index contributed by atoms with van der Waals surface area (Å²) in [5.41, 5.74) is 1.06. The average Bonchev–Trinajstić information content (AvgIpc) is 2.82. The van der Waals surface area contributed by atoms with Gasteiger partial charge in [-0.1, -0.05) is 50.7 Å². The van der Waals surface area contributed by atoms with Crippen LogP contribution in [0.3, 0.4) is 0 Å². The molecule has 1 unspecified atom stereocenters. The number of hydrogen-bond acceptors (Lipinski definition) is 3. The highest BCUT2D eigenvalue weighted by atomic mass is 127. The van der Waals surface area contributed by atoms with E-state index >= 15 is 0 Å². The van der Waals surface area contributed by atoms with Gasteiger partial charge in [-0.3, -0.25) is 9.69 Å². The van der Waals surface area contributed by atoms with E-state index in [2.05, 4.69) is 38.5 Å². The number of amides is 2. The van der Waals surface area contributed by atoms with E-state index < -0.39 is 23.8 Å². The van der Waals surface area contributed by atoms with Gasteiger partial charge in [0.1, 0.15) is 0 Å². The zero-order valence-electron chi connectivity index (χ0n) is 18.3. The van der Waals surface area contributed by atoms with Crippen molar-refractivity contribution in [1.82, 2.24) is 4.90 Å². The maximum Gasteiger partial charge on any atom is 0.416 e. The molecule has 2 aliphatic rings. The number of allylic oxidation sites excluding steroid dienone is 1. The molecule has 10 heteroatoms. The number of carbonyl (C=O) groups excluding carboxylic acids is 2. The molecule has 1 aliphatic carbocycles. The predicted octanol–water partition coefficient (Wildman–Crippen LogP) is 7.01. The number of ketones is 1. The second-order valence-corrected chi connectivity index (χ2v) is 8.52. The van der Waals surface area contributed by atoms with Gasteiger partial charge in [0.15, 0.2) is 5.78 Å². The first-order chi connectivity index (χ1) is 16.1. The zero-order valence-corrected chi connectivity index (χ0v) is 22.0. The lowest BCUT2D eigenvalue weighted by Crippen LogP contribution is -2.50. The van der Waals surface area contributed by atoms with Gasteiger partial charge in [0.05, 0.1) is 28.9 Å². The van der Waals surface area contributed by atoms with Gasteiger partial charge in [-0.25, -0.2) is 4.79 Å². The summed E-state index contributed by atoms with van der Waals surface area (Å²) in [4.78, 5) is 31.0. The normalized spacial score (nSPS) is 18.2. The number of anilines is 1. The first kappa shape index (κ1) is 26.2. The fraction of sp³-hybridized carbons (Fsp3) is 0.292. The molecule has 178 valence electrons. The Kier molecular flexibility index (Phi) is 8.08. The third-order valence-electron chi connectivity index (χ3n) is 5.71. The van der Waals surface area contributed by atoms with Gasteiger partial charge in [0.2, 0.25) is 0 Å². The summed E-state index contributed by atoms with van der Waals surface area (Å²) < 4.78 is 40.4. The Morgan fingerprint density at radius 3 is 2.44 bits per heavy atom. The van der Waals surface area contributed by atoms with Gasteiger partial charge >= 0.3 is 12.2 Å². The molecule has 2 aromatic carbocycles. The molecular formula is C24H20BrF3IN3O2. The average molecular weight is 646 g/mol. The van der Waals surface area contributed by atoms with Gasteiger partial charge in [-0.05, 0) is 53.7 Å². The van der Waals surface area contributed by atoms with E-state index in [1.807, 2.05) is 11.0 Å². The van der Waals surface area contributed by atoms with Crippen molar-refractivity contribution in [3.05, 3.63) is 74.9 Å². The summed E-state index contributed by atoms with van der Waals surface area (Å²) in [7, 11) is 1.52. The molecule has 2 aromatic rings. The number of urea groups is 1. The van der Waals surface area contributed by atoms with E-state index in [9.17, 15) is 22.8 Å². The molecule has 34 heavy (non-hydrogen) atoms. The zero-order chi connectivity index (χ0) is 25.2. The van der Waals surface area contributed by atoms with Gasteiger partial charge in [-0.15, -0.1) is 0 Å². The highest BCUT2D eigenvalue weighted by Crippen LogP contribution is 2.45. The number of hydrogen-bond donors (Lipinski definition) is 0. The van der Waals surface area contributed by atoms with Crippen LogP contribution in [0.1, 0.15) is 42.0 Å². The van der Waals surface area contributed by atoms with Crippen LogP contribution in [-0.2, 0) is 11.0 Å². The molecule has 0 saturated heterocycles. The van der Waals surface area contributed by atoms with E-state index in [0.717, 1.165) is 12.1 Å². The van der Waals surface area contributed by atoms with Crippen LogP contribution in [0, 0.1) is 11.3 Å². The lowest BCUT2D eigenvalue weighted by molar-refractivity contribution is -0.137. The number of nitriles is 1. The van der Waals surface area contributed by atoms with Crippen molar-refractivity contribution in [1.29, 1.82) is 5.26 Å². The van der Waals surface area contributed by atoms with E-state index in [1.54, 1.807) is 18.2 Å². The van der Waals surface area contributed by atoms with E-state index in [4.69, 9.17) is 5.26 Å². The molecule has 0 aromatic heterocycles. The van der Waals surface area contributed by atoms with Crippen LogP contribution in [0.5, 0.6) is 0 Å². The quantitative estimate of drug-likeness (QED) is 0.261. The van der Waals surface area contributed by atoms with Crippen molar-refractivity contribution < 1.29 is 22.8 Å². The summed E-state index contributed by atoms with van der Waals surface area (Å²) >= 11 is 5.59. The Hall–Kier alpha value is -2.39. The van der Waals surface area contributed by atoms with Crippen LogP contribution >= 0.6 is 38.5 Å². The second-order valence-electron chi connectivity index (χ2n) is 7.66. The molecule has 2 amide bonds. The minimum Gasteiger partial charge on any atom is -0.316 e. The Morgan fingerprint density at radius 1 is 1.12 bits per heavy atom. The van der Waals surface area contributed by atoms with Crippen molar-refractivity contribution in [3.63, 3.8) is 0 Å². The number of rotatable bonds is 2. The maximum absolute atomic E-state index is 13.4. The van der Waals surface area contributed by atoms with Crippen LogP contribution in [-0.4, -0.2) is 28.7 Å². The number of benzene rings is 2. The number of carbonyl (C=O) groups is 2. The maximum atomic E-state index is 13.4. The first-order valence-electron chi connectivity index (χ1n) is 10.2. The monoisotopic (exact) mass is 645 g/mol. The minimum atomic E-state index is -4.56. The molecule has 0 saturated carbocycles. The molecule has 4 rings (SSSR count). The molecule has 1 atom stereocenters. The van der Waals surface area contributed by atoms with Gasteiger partial charge in [0.25, 0.3) is 0 Å². The Bertz CT molecular complexity index is 1210. The SMILES string of the molecule is CI.CN1C(=O)N(c2cccc(C(F)(F)F)c2)C2=C(C(=O)CCC2)C1c1ccc(C#N)cc1Br. The van der Waals surface area contributed by atoms with Crippen LogP contribution in [0.25, 0.3) is 0 Å². The summed E-state index contributed by atoms with van der Waals surface area (Å²) in [6, 6.07) is 10.2. The van der Waals surface area contributed by atoms with Crippen molar-refractivity contribution >= 4 is 56.0 Å². The number of Topliss-reactive ketones (excluding diaryl/α,β-unsaturated/α-hetero) is 1. The second kappa shape index (κ2) is 10.5. The Morgan fingerprint density at radius 2 is 1.82 bits per heavy atom. The topological polar surface area (TPSA) is 64.4 Å². The van der Waals surface area contributed by atoms with Crippen molar-refractivity contribution in [2.24, 2.45) is 0 Å². The Labute approximate surface area is 217 Å². The number of halogens is 5. The molecule has 0 bridgehead atoms. The fourth-order valence-corrected chi connectivity index (χ4v) is 4.83. The van der Waals surface area contributed by atoms with Crippen molar-refractivity contribution in [2.75, 3.05) is 16.9 Å². The number of likely N-dealkylation sites (N-methyl/N-ethyl adjacent to an activating group) is 1. The molecule has 0 spiro atoms. The van der Waals surface area contributed by atoms with Gasteiger partial charge < -0.3 is 4.90 Å². The van der Waals surface area contributed by atoms with Crippen LogP contribution < -0.4 is 4.90 Å². The minimum absolute atomic E-state index is 0.0659. The lowest BCUT2D eigenvalue weighted by atomic mass is 9.83. The Balaban J connectivity index is 0.00000158. The summed E-state index contributed by atoms with van der Waals surface area (Å²) in [6.45, 7) is 0.